The summed E-state index contributed by atoms with van der Waals surface area (Å²) in [4.78, 5) is 2.40. The third-order valence-electron chi connectivity index (χ3n) is 3.90. The van der Waals surface area contributed by atoms with Gasteiger partial charge < -0.3 is 4.74 Å². The van der Waals surface area contributed by atoms with Crippen molar-refractivity contribution < 1.29 is 4.74 Å². The molecule has 0 aliphatic carbocycles. The second-order valence-electron chi connectivity index (χ2n) is 5.20. The van der Waals surface area contributed by atoms with Crippen LogP contribution in [0.5, 0.6) is 5.75 Å². The second kappa shape index (κ2) is 6.89. The average Bonchev–Trinajstić information content (AvgIpc) is 2.41. The van der Waals surface area contributed by atoms with Crippen molar-refractivity contribution in [2.45, 2.75) is 39.3 Å². The number of likely N-dealkylation sites (N-methyl/N-ethyl adjacent to an activating group) is 1. The summed E-state index contributed by atoms with van der Waals surface area (Å²) in [5.41, 5.74) is 4.07. The van der Waals surface area contributed by atoms with Crippen molar-refractivity contribution in [1.82, 2.24) is 10.3 Å². The first kappa shape index (κ1) is 16.0. The van der Waals surface area contributed by atoms with Gasteiger partial charge in [-0.05, 0) is 44.6 Å². The Morgan fingerprint density at radius 3 is 2.11 bits per heavy atom. The summed E-state index contributed by atoms with van der Waals surface area (Å²) in [7, 11) is 1.67. The SMILES string of the molecule is CCN(CC)C(C)(C)C(NN)c1ccc(OC)cc1. The van der Waals surface area contributed by atoms with Gasteiger partial charge in [-0.3, -0.25) is 16.2 Å². The summed E-state index contributed by atoms with van der Waals surface area (Å²) in [6.45, 7) is 10.8. The van der Waals surface area contributed by atoms with E-state index in [0.29, 0.717) is 0 Å². The number of hydrogen-bond donors (Lipinski definition) is 2. The zero-order valence-corrected chi connectivity index (χ0v) is 12.7. The summed E-state index contributed by atoms with van der Waals surface area (Å²) in [6.07, 6.45) is 0. The summed E-state index contributed by atoms with van der Waals surface area (Å²) in [6, 6.07) is 8.14. The summed E-state index contributed by atoms with van der Waals surface area (Å²) >= 11 is 0. The maximum Gasteiger partial charge on any atom is 0.118 e. The molecule has 0 fully saturated rings. The van der Waals surface area contributed by atoms with Crippen LogP contribution in [0.4, 0.5) is 0 Å². The van der Waals surface area contributed by atoms with Gasteiger partial charge in [0.05, 0.1) is 13.2 Å². The number of benzene rings is 1. The Hall–Kier alpha value is -1.10. The van der Waals surface area contributed by atoms with Crippen molar-refractivity contribution >= 4 is 0 Å². The first-order chi connectivity index (χ1) is 9.01. The predicted octanol–water partition coefficient (Wildman–Crippen LogP) is 2.32. The molecule has 0 amide bonds. The molecule has 1 atom stereocenters. The largest absolute Gasteiger partial charge is 0.497 e. The van der Waals surface area contributed by atoms with Gasteiger partial charge in [0.1, 0.15) is 5.75 Å². The number of hydrogen-bond acceptors (Lipinski definition) is 4. The number of methoxy groups -OCH3 is 1. The highest BCUT2D eigenvalue weighted by molar-refractivity contribution is 5.30. The molecule has 1 rings (SSSR count). The van der Waals surface area contributed by atoms with Gasteiger partial charge in [-0.1, -0.05) is 26.0 Å². The summed E-state index contributed by atoms with van der Waals surface area (Å²) < 4.78 is 5.20. The van der Waals surface area contributed by atoms with Gasteiger partial charge in [0.25, 0.3) is 0 Å². The van der Waals surface area contributed by atoms with Crippen LogP contribution < -0.4 is 16.0 Å². The molecule has 0 aliphatic rings. The quantitative estimate of drug-likeness (QED) is 0.587. The average molecular weight is 265 g/mol. The molecule has 4 nitrogen and oxygen atoms in total. The Balaban J connectivity index is 3.03. The van der Waals surface area contributed by atoms with Gasteiger partial charge >= 0.3 is 0 Å². The van der Waals surface area contributed by atoms with Crippen LogP contribution in [0.1, 0.15) is 39.3 Å². The molecule has 0 bridgehead atoms. The van der Waals surface area contributed by atoms with Crippen LogP contribution >= 0.6 is 0 Å². The fourth-order valence-electron chi connectivity index (χ4n) is 2.73. The Morgan fingerprint density at radius 2 is 1.74 bits per heavy atom. The maximum atomic E-state index is 5.80. The molecule has 0 aromatic heterocycles. The third kappa shape index (κ3) is 3.47. The Morgan fingerprint density at radius 1 is 1.21 bits per heavy atom. The molecule has 0 aliphatic heterocycles. The van der Waals surface area contributed by atoms with Crippen LogP contribution in [-0.4, -0.2) is 30.6 Å². The second-order valence-corrected chi connectivity index (χ2v) is 5.20. The van der Waals surface area contributed by atoms with E-state index in [2.05, 4.69) is 50.2 Å². The monoisotopic (exact) mass is 265 g/mol. The van der Waals surface area contributed by atoms with E-state index in [-0.39, 0.29) is 11.6 Å². The molecule has 0 saturated heterocycles. The van der Waals surface area contributed by atoms with Crippen LogP contribution in [0.25, 0.3) is 0 Å². The van der Waals surface area contributed by atoms with Crippen molar-refractivity contribution in [2.75, 3.05) is 20.2 Å². The Kier molecular flexibility index (Phi) is 5.79. The smallest absolute Gasteiger partial charge is 0.118 e. The lowest BCUT2D eigenvalue weighted by Crippen LogP contribution is -2.54. The molecule has 108 valence electrons. The molecule has 1 unspecified atom stereocenters. The number of nitrogens with zero attached hydrogens (tertiary/aromatic N) is 1. The summed E-state index contributed by atoms with van der Waals surface area (Å²) in [5.74, 6) is 6.66. The van der Waals surface area contributed by atoms with E-state index >= 15 is 0 Å². The van der Waals surface area contributed by atoms with Crippen LogP contribution in [-0.2, 0) is 0 Å². The van der Waals surface area contributed by atoms with Crippen molar-refractivity contribution in [3.63, 3.8) is 0 Å². The van der Waals surface area contributed by atoms with Gasteiger partial charge in [-0.15, -0.1) is 0 Å². The fourth-order valence-corrected chi connectivity index (χ4v) is 2.73. The molecular formula is C15H27N3O. The molecule has 0 heterocycles. The minimum Gasteiger partial charge on any atom is -0.497 e. The molecule has 3 N–H and O–H groups in total. The van der Waals surface area contributed by atoms with Crippen LogP contribution in [0.2, 0.25) is 0 Å². The first-order valence-corrected chi connectivity index (χ1v) is 6.86. The van der Waals surface area contributed by atoms with Crippen LogP contribution in [0, 0.1) is 0 Å². The lowest BCUT2D eigenvalue weighted by Gasteiger charge is -2.43. The molecule has 0 radical (unpaired) electrons. The van der Waals surface area contributed by atoms with E-state index in [1.165, 1.54) is 5.56 Å². The predicted molar refractivity (Wildman–Crippen MR) is 80.1 cm³/mol. The first-order valence-electron chi connectivity index (χ1n) is 6.86. The molecule has 0 spiro atoms. The topological polar surface area (TPSA) is 50.5 Å². The van der Waals surface area contributed by atoms with Gasteiger partial charge in [-0.25, -0.2) is 0 Å². The zero-order chi connectivity index (χ0) is 14.5. The van der Waals surface area contributed by atoms with E-state index in [4.69, 9.17) is 10.6 Å². The van der Waals surface area contributed by atoms with Crippen molar-refractivity contribution in [1.29, 1.82) is 0 Å². The standard InChI is InChI=1S/C15H27N3O/c1-6-18(7-2)15(3,4)14(17-16)12-8-10-13(19-5)11-9-12/h8-11,14,17H,6-7,16H2,1-5H3. The normalized spacial score (nSPS) is 13.6. The molecule has 1 aromatic carbocycles. The van der Waals surface area contributed by atoms with E-state index < -0.39 is 0 Å². The Bertz CT molecular complexity index is 371. The number of hydrazine groups is 1. The molecule has 4 heteroatoms. The van der Waals surface area contributed by atoms with Crippen LogP contribution in [0.15, 0.2) is 24.3 Å². The number of ether oxygens (including phenoxy) is 1. The maximum absolute atomic E-state index is 5.80. The molecule has 1 aromatic rings. The van der Waals surface area contributed by atoms with E-state index in [0.717, 1.165) is 18.8 Å². The molecular weight excluding hydrogens is 238 g/mol. The van der Waals surface area contributed by atoms with Gasteiger partial charge in [0, 0.05) is 5.54 Å². The molecule has 0 saturated carbocycles. The van der Waals surface area contributed by atoms with Crippen molar-refractivity contribution in [3.8, 4) is 5.75 Å². The number of rotatable bonds is 7. The van der Waals surface area contributed by atoms with E-state index in [9.17, 15) is 0 Å². The van der Waals surface area contributed by atoms with Crippen molar-refractivity contribution in [3.05, 3.63) is 29.8 Å². The van der Waals surface area contributed by atoms with Crippen molar-refractivity contribution in [2.24, 2.45) is 5.84 Å². The van der Waals surface area contributed by atoms with E-state index in [1.54, 1.807) is 7.11 Å². The number of nitrogens with two attached hydrogens (primary N) is 1. The highest BCUT2D eigenvalue weighted by Crippen LogP contribution is 2.31. The Labute approximate surface area is 116 Å². The molecule has 19 heavy (non-hydrogen) atoms. The zero-order valence-electron chi connectivity index (χ0n) is 12.7. The van der Waals surface area contributed by atoms with Gasteiger partial charge in [0.2, 0.25) is 0 Å². The van der Waals surface area contributed by atoms with Gasteiger partial charge in [0.15, 0.2) is 0 Å². The van der Waals surface area contributed by atoms with E-state index in [1.807, 2.05) is 12.1 Å². The minimum absolute atomic E-state index is 0.0627. The highest BCUT2D eigenvalue weighted by atomic mass is 16.5. The highest BCUT2D eigenvalue weighted by Gasteiger charge is 2.34. The lowest BCUT2D eigenvalue weighted by atomic mass is 9.87. The number of nitrogens with one attached hydrogen (secondary N) is 1. The van der Waals surface area contributed by atoms with Crippen LogP contribution in [0.3, 0.4) is 0 Å². The fraction of sp³-hybridized carbons (Fsp3) is 0.600. The minimum atomic E-state index is -0.0627. The lowest BCUT2D eigenvalue weighted by molar-refractivity contribution is 0.0912. The summed E-state index contributed by atoms with van der Waals surface area (Å²) in [5, 5.41) is 0. The third-order valence-corrected chi connectivity index (χ3v) is 3.90. The van der Waals surface area contributed by atoms with Gasteiger partial charge in [-0.2, -0.15) is 0 Å².